The van der Waals surface area contributed by atoms with E-state index in [-0.39, 0.29) is 12.6 Å². The molecule has 0 aromatic carbocycles. The summed E-state index contributed by atoms with van der Waals surface area (Å²) < 4.78 is 10.0. The highest BCUT2D eigenvalue weighted by molar-refractivity contribution is 5.70. The molecule has 18 heavy (non-hydrogen) atoms. The second-order valence-electron chi connectivity index (χ2n) is 5.12. The number of carbonyl (C=O) groups is 1. The molecule has 2 atom stereocenters. The molecule has 1 rings (SSSR count). The van der Waals surface area contributed by atoms with Crippen molar-refractivity contribution in [3.8, 4) is 0 Å². The number of rotatable bonds is 7. The van der Waals surface area contributed by atoms with Crippen LogP contribution in [0.2, 0.25) is 0 Å². The summed E-state index contributed by atoms with van der Waals surface area (Å²) in [4.78, 5) is 11.0. The van der Waals surface area contributed by atoms with Gasteiger partial charge in [0.25, 0.3) is 0 Å². The van der Waals surface area contributed by atoms with Crippen LogP contribution in [-0.4, -0.2) is 38.4 Å². The molecule has 4 heteroatoms. The minimum atomic E-state index is -0.277. The van der Waals surface area contributed by atoms with Crippen molar-refractivity contribution >= 4 is 5.97 Å². The molecule has 1 saturated carbocycles. The fourth-order valence-electron chi connectivity index (χ4n) is 2.38. The Kier molecular flexibility index (Phi) is 8.01. The van der Waals surface area contributed by atoms with Crippen LogP contribution >= 0.6 is 0 Å². The van der Waals surface area contributed by atoms with Crippen LogP contribution in [0.15, 0.2) is 0 Å². The molecule has 1 aliphatic rings. The van der Waals surface area contributed by atoms with Gasteiger partial charge >= 0.3 is 5.97 Å². The van der Waals surface area contributed by atoms with Crippen LogP contribution in [0.3, 0.4) is 0 Å². The molecule has 0 amide bonds. The number of esters is 1. The van der Waals surface area contributed by atoms with Gasteiger partial charge in [0, 0.05) is 12.6 Å². The van der Waals surface area contributed by atoms with E-state index in [1.807, 2.05) is 0 Å². The van der Waals surface area contributed by atoms with Crippen LogP contribution in [0.5, 0.6) is 0 Å². The molecular weight excluding hydrogens is 230 g/mol. The van der Waals surface area contributed by atoms with E-state index in [0.29, 0.717) is 19.3 Å². The highest BCUT2D eigenvalue weighted by Gasteiger charge is 2.15. The maximum Gasteiger partial charge on any atom is 0.332 e. The number of ether oxygens (including phenoxy) is 2. The molecule has 1 N–H and O–H groups in total. The molecule has 1 fully saturated rings. The summed E-state index contributed by atoms with van der Waals surface area (Å²) in [5.41, 5.74) is 0. The summed E-state index contributed by atoms with van der Waals surface area (Å²) in [5, 5.41) is 3.51. The zero-order valence-corrected chi connectivity index (χ0v) is 11.7. The summed E-state index contributed by atoms with van der Waals surface area (Å²) in [6.45, 7) is 6.01. The van der Waals surface area contributed by atoms with Crippen molar-refractivity contribution in [1.82, 2.24) is 5.32 Å². The van der Waals surface area contributed by atoms with Gasteiger partial charge in [0.05, 0.1) is 13.2 Å². The lowest BCUT2D eigenvalue weighted by atomic mass is 10.0. The third-order valence-corrected chi connectivity index (χ3v) is 3.46. The monoisotopic (exact) mass is 257 g/mol. The van der Waals surface area contributed by atoms with E-state index in [4.69, 9.17) is 9.47 Å². The Hall–Kier alpha value is -0.610. The number of carbonyl (C=O) groups excluding carboxylic acids is 1. The van der Waals surface area contributed by atoms with E-state index in [9.17, 15) is 4.79 Å². The van der Waals surface area contributed by atoms with Gasteiger partial charge < -0.3 is 14.8 Å². The van der Waals surface area contributed by atoms with E-state index in [1.54, 1.807) is 6.92 Å². The van der Waals surface area contributed by atoms with Gasteiger partial charge in [-0.2, -0.15) is 0 Å². The predicted molar refractivity (Wildman–Crippen MR) is 71.5 cm³/mol. The molecule has 0 saturated heterocycles. The van der Waals surface area contributed by atoms with Gasteiger partial charge in [0.2, 0.25) is 0 Å². The average Bonchev–Trinajstić information content (AvgIpc) is 2.54. The van der Waals surface area contributed by atoms with Crippen LogP contribution in [-0.2, 0) is 14.3 Å². The van der Waals surface area contributed by atoms with E-state index in [2.05, 4.69) is 12.2 Å². The fraction of sp³-hybridized carbons (Fsp3) is 0.929. The van der Waals surface area contributed by atoms with Crippen molar-refractivity contribution in [3.63, 3.8) is 0 Å². The molecule has 0 heterocycles. The number of nitrogens with one attached hydrogen (secondary N) is 1. The topological polar surface area (TPSA) is 47.6 Å². The van der Waals surface area contributed by atoms with Gasteiger partial charge in [-0.15, -0.1) is 0 Å². The van der Waals surface area contributed by atoms with Gasteiger partial charge in [0.15, 0.2) is 0 Å². The molecular formula is C14H27NO3. The van der Waals surface area contributed by atoms with Gasteiger partial charge in [-0.25, -0.2) is 4.79 Å². The molecule has 106 valence electrons. The second-order valence-corrected chi connectivity index (χ2v) is 5.12. The highest BCUT2D eigenvalue weighted by atomic mass is 16.6. The first kappa shape index (κ1) is 15.4. The van der Waals surface area contributed by atoms with Gasteiger partial charge in [-0.05, 0) is 32.1 Å². The molecule has 0 radical (unpaired) electrons. The third-order valence-electron chi connectivity index (χ3n) is 3.46. The Bertz CT molecular complexity index is 233. The Morgan fingerprint density at radius 2 is 2.11 bits per heavy atom. The van der Waals surface area contributed by atoms with E-state index in [1.165, 1.54) is 32.1 Å². The molecule has 1 aliphatic carbocycles. The standard InChI is InChI=1S/C14H27NO3/c1-3-18-14(16)11-17-10-9-15-13-6-4-5-12(2)7-8-13/h12-13,15H,3-11H2,1-2H3. The molecule has 4 nitrogen and oxygen atoms in total. The number of hydrogen-bond acceptors (Lipinski definition) is 4. The minimum Gasteiger partial charge on any atom is -0.464 e. The first-order chi connectivity index (χ1) is 8.72. The van der Waals surface area contributed by atoms with Crippen LogP contribution in [0.1, 0.15) is 46.0 Å². The van der Waals surface area contributed by atoms with Crippen LogP contribution < -0.4 is 5.32 Å². The van der Waals surface area contributed by atoms with Crippen molar-refractivity contribution in [3.05, 3.63) is 0 Å². The zero-order valence-electron chi connectivity index (χ0n) is 11.7. The van der Waals surface area contributed by atoms with E-state index in [0.717, 1.165) is 12.5 Å². The Labute approximate surface area is 110 Å². The Morgan fingerprint density at radius 3 is 2.89 bits per heavy atom. The Balaban J connectivity index is 1.98. The van der Waals surface area contributed by atoms with Crippen molar-refractivity contribution < 1.29 is 14.3 Å². The normalized spacial score (nSPS) is 24.6. The summed E-state index contributed by atoms with van der Waals surface area (Å²) in [6, 6.07) is 0.626. The van der Waals surface area contributed by atoms with Crippen LogP contribution in [0.25, 0.3) is 0 Å². The zero-order chi connectivity index (χ0) is 13.2. The first-order valence-corrected chi connectivity index (χ1v) is 7.19. The predicted octanol–water partition coefficient (Wildman–Crippen LogP) is 2.12. The molecule has 2 unspecified atom stereocenters. The molecule has 0 spiro atoms. The first-order valence-electron chi connectivity index (χ1n) is 7.19. The highest BCUT2D eigenvalue weighted by Crippen LogP contribution is 2.22. The summed E-state index contributed by atoms with van der Waals surface area (Å²) >= 11 is 0. The van der Waals surface area contributed by atoms with Crippen molar-refractivity contribution in [2.75, 3.05) is 26.4 Å². The maximum atomic E-state index is 11.0. The smallest absolute Gasteiger partial charge is 0.332 e. The molecule has 0 bridgehead atoms. The van der Waals surface area contributed by atoms with Crippen LogP contribution in [0.4, 0.5) is 0 Å². The quantitative estimate of drug-likeness (QED) is 0.431. The average molecular weight is 257 g/mol. The third kappa shape index (κ3) is 6.97. The molecule has 0 aromatic heterocycles. The lowest BCUT2D eigenvalue weighted by molar-refractivity contribution is -0.148. The lowest BCUT2D eigenvalue weighted by Crippen LogP contribution is -2.32. The Morgan fingerprint density at radius 1 is 1.28 bits per heavy atom. The SMILES string of the molecule is CCOC(=O)COCCNC1CCCC(C)CC1. The molecule has 0 aromatic rings. The summed E-state index contributed by atoms with van der Waals surface area (Å²) in [7, 11) is 0. The van der Waals surface area contributed by atoms with E-state index < -0.39 is 0 Å². The maximum absolute atomic E-state index is 11.0. The summed E-state index contributed by atoms with van der Waals surface area (Å²) in [5.74, 6) is 0.595. The van der Waals surface area contributed by atoms with Crippen molar-refractivity contribution in [2.24, 2.45) is 5.92 Å². The van der Waals surface area contributed by atoms with Crippen molar-refractivity contribution in [2.45, 2.75) is 52.0 Å². The van der Waals surface area contributed by atoms with Gasteiger partial charge in [-0.3, -0.25) is 0 Å². The minimum absolute atomic E-state index is 0.0667. The van der Waals surface area contributed by atoms with Crippen molar-refractivity contribution in [1.29, 1.82) is 0 Å². The van der Waals surface area contributed by atoms with Gasteiger partial charge in [-0.1, -0.05) is 19.8 Å². The number of hydrogen-bond donors (Lipinski definition) is 1. The van der Waals surface area contributed by atoms with Gasteiger partial charge in [0.1, 0.15) is 6.61 Å². The second kappa shape index (κ2) is 9.34. The molecule has 0 aliphatic heterocycles. The van der Waals surface area contributed by atoms with Crippen LogP contribution in [0, 0.1) is 5.92 Å². The van der Waals surface area contributed by atoms with E-state index >= 15 is 0 Å². The largest absolute Gasteiger partial charge is 0.464 e. The summed E-state index contributed by atoms with van der Waals surface area (Å²) in [6.07, 6.45) is 6.53. The lowest BCUT2D eigenvalue weighted by Gasteiger charge is -2.16. The fourth-order valence-corrected chi connectivity index (χ4v) is 2.38.